The molecule has 2 aromatic heterocycles. The molecule has 0 spiro atoms. The number of hydrogen-bond acceptors (Lipinski definition) is 6. The zero-order valence-electron chi connectivity index (χ0n) is 23.3. The Balaban J connectivity index is 1.86. The van der Waals surface area contributed by atoms with E-state index in [9.17, 15) is 14.9 Å². The number of nitrogens with zero attached hydrogens (tertiary/aromatic N) is 5. The third-order valence-corrected chi connectivity index (χ3v) is 7.91. The predicted molar refractivity (Wildman–Crippen MR) is 165 cm³/mol. The summed E-state index contributed by atoms with van der Waals surface area (Å²) in [5.74, 6) is 0.323. The van der Waals surface area contributed by atoms with E-state index in [0.717, 1.165) is 5.56 Å². The van der Waals surface area contributed by atoms with Gasteiger partial charge in [-0.2, -0.15) is 5.26 Å². The fraction of sp³-hybridized carbons (Fsp3) is 0.250. The van der Waals surface area contributed by atoms with Crippen LogP contribution in [-0.4, -0.2) is 46.0 Å². The van der Waals surface area contributed by atoms with Gasteiger partial charge in [-0.05, 0) is 54.8 Å². The molecule has 4 aromatic rings. The summed E-state index contributed by atoms with van der Waals surface area (Å²) >= 11 is 6.90. The maximum absolute atomic E-state index is 14.3. The average molecular weight is 567 g/mol. The Bertz CT molecular complexity index is 1790. The van der Waals surface area contributed by atoms with Crippen molar-refractivity contribution < 1.29 is 4.79 Å². The predicted octanol–water partition coefficient (Wildman–Crippen LogP) is 5.51. The largest absolute Gasteiger partial charge is 0.384 e. The van der Waals surface area contributed by atoms with Crippen molar-refractivity contribution in [3.05, 3.63) is 93.8 Å². The van der Waals surface area contributed by atoms with E-state index < -0.39 is 5.56 Å². The maximum atomic E-state index is 14.3. The van der Waals surface area contributed by atoms with Crippen LogP contribution in [0.4, 0.5) is 11.5 Å². The van der Waals surface area contributed by atoms with Crippen molar-refractivity contribution >= 4 is 39.9 Å². The van der Waals surface area contributed by atoms with Gasteiger partial charge in [-0.15, -0.1) is 0 Å². The standard InChI is InChI=1S/C32H31ClN6O2/c1-5-30(40)37-13-14-38(20(4)18-37)31-23-15-25(33)22(26-10-8-12-29(35)36-26)16-28(23)39(32(41)24(31)17-34)27-11-7-6-9-21(27)19(2)3/h5-12,15-16,19-20H,1,13-14,18H2,2-4H3,(H2,35,36)/t20-/m0/s1. The van der Waals surface area contributed by atoms with Gasteiger partial charge in [-0.25, -0.2) is 4.98 Å². The summed E-state index contributed by atoms with van der Waals surface area (Å²) in [6.45, 7) is 11.0. The zero-order chi connectivity index (χ0) is 29.4. The minimum absolute atomic E-state index is 0.0253. The van der Waals surface area contributed by atoms with Crippen LogP contribution in [0.3, 0.4) is 0 Å². The van der Waals surface area contributed by atoms with Gasteiger partial charge in [0, 0.05) is 36.6 Å². The first-order chi connectivity index (χ1) is 19.7. The Morgan fingerprint density at radius 3 is 2.61 bits per heavy atom. The van der Waals surface area contributed by atoms with Gasteiger partial charge < -0.3 is 15.5 Å². The number of hydrogen-bond donors (Lipinski definition) is 1. The van der Waals surface area contributed by atoms with Crippen LogP contribution >= 0.6 is 11.6 Å². The number of halogens is 1. The molecule has 1 aliphatic heterocycles. The fourth-order valence-corrected chi connectivity index (χ4v) is 5.89. The number of aromatic nitrogens is 2. The van der Waals surface area contributed by atoms with Crippen molar-refractivity contribution in [1.82, 2.24) is 14.5 Å². The number of carbonyl (C=O) groups is 1. The number of pyridine rings is 2. The average Bonchev–Trinajstić information content (AvgIpc) is 2.96. The van der Waals surface area contributed by atoms with Crippen LogP contribution in [0.5, 0.6) is 0 Å². The van der Waals surface area contributed by atoms with Crippen molar-refractivity contribution in [2.75, 3.05) is 30.3 Å². The molecule has 8 nitrogen and oxygen atoms in total. The van der Waals surface area contributed by atoms with Gasteiger partial charge in [0.15, 0.2) is 0 Å². The van der Waals surface area contributed by atoms with Gasteiger partial charge >= 0.3 is 0 Å². The molecule has 1 saturated heterocycles. The first kappa shape index (κ1) is 27.9. The minimum atomic E-state index is -0.422. The van der Waals surface area contributed by atoms with E-state index in [1.807, 2.05) is 48.2 Å². The van der Waals surface area contributed by atoms with Gasteiger partial charge in [-0.1, -0.05) is 56.3 Å². The number of benzene rings is 2. The molecule has 2 aromatic carbocycles. The van der Waals surface area contributed by atoms with Gasteiger partial charge in [0.25, 0.3) is 5.56 Å². The van der Waals surface area contributed by atoms with Crippen molar-refractivity contribution in [2.24, 2.45) is 0 Å². The Hall–Kier alpha value is -4.61. The fourth-order valence-electron chi connectivity index (χ4n) is 5.63. The van der Waals surface area contributed by atoms with Gasteiger partial charge in [-0.3, -0.25) is 14.2 Å². The quantitative estimate of drug-likeness (QED) is 0.319. The highest BCUT2D eigenvalue weighted by Gasteiger charge is 2.31. The topological polar surface area (TPSA) is 108 Å². The van der Waals surface area contributed by atoms with Crippen molar-refractivity contribution in [3.8, 4) is 23.0 Å². The van der Waals surface area contributed by atoms with Gasteiger partial charge in [0.05, 0.1) is 27.6 Å². The Morgan fingerprint density at radius 1 is 1.20 bits per heavy atom. The molecule has 5 rings (SSSR count). The van der Waals surface area contributed by atoms with E-state index >= 15 is 0 Å². The number of nitrogen functional groups attached to an aromatic ring is 1. The summed E-state index contributed by atoms with van der Waals surface area (Å²) in [5, 5.41) is 11.5. The molecule has 0 radical (unpaired) electrons. The minimum Gasteiger partial charge on any atom is -0.384 e. The lowest BCUT2D eigenvalue weighted by Crippen LogP contribution is -2.54. The number of nitriles is 1. The highest BCUT2D eigenvalue weighted by atomic mass is 35.5. The van der Waals surface area contributed by atoms with Crippen LogP contribution in [0.2, 0.25) is 5.02 Å². The lowest BCUT2D eigenvalue weighted by atomic mass is 9.98. The van der Waals surface area contributed by atoms with E-state index in [0.29, 0.717) is 64.0 Å². The van der Waals surface area contributed by atoms with Gasteiger partial charge in [0.1, 0.15) is 17.5 Å². The second-order valence-corrected chi connectivity index (χ2v) is 10.9. The SMILES string of the molecule is C=CC(=O)N1CCN(c2c(C#N)c(=O)n(-c3ccccc3C(C)C)c3cc(-c4cccc(N)n4)c(Cl)cc23)[C@@H](C)C1. The molecule has 2 N–H and O–H groups in total. The molecule has 0 saturated carbocycles. The molecule has 0 bridgehead atoms. The summed E-state index contributed by atoms with van der Waals surface area (Å²) in [6, 6.07) is 18.7. The summed E-state index contributed by atoms with van der Waals surface area (Å²) in [7, 11) is 0. The summed E-state index contributed by atoms with van der Waals surface area (Å²) in [4.78, 5) is 34.9. The maximum Gasteiger partial charge on any atom is 0.275 e. The number of fused-ring (bicyclic) bond motifs is 1. The molecule has 208 valence electrons. The van der Waals surface area contributed by atoms with E-state index in [1.54, 1.807) is 27.7 Å². The first-order valence-corrected chi connectivity index (χ1v) is 13.9. The van der Waals surface area contributed by atoms with Crippen LogP contribution in [-0.2, 0) is 4.79 Å². The van der Waals surface area contributed by atoms with Crippen LogP contribution in [0.1, 0.15) is 37.8 Å². The lowest BCUT2D eigenvalue weighted by molar-refractivity contribution is -0.126. The number of carbonyl (C=O) groups excluding carboxylic acids is 1. The first-order valence-electron chi connectivity index (χ1n) is 13.5. The van der Waals surface area contributed by atoms with Crippen molar-refractivity contribution in [3.63, 3.8) is 0 Å². The second kappa shape index (κ2) is 11.1. The number of amides is 1. The molecule has 9 heteroatoms. The van der Waals surface area contributed by atoms with Crippen molar-refractivity contribution in [2.45, 2.75) is 32.7 Å². The molecule has 1 fully saturated rings. The molecule has 1 atom stereocenters. The van der Waals surface area contributed by atoms with E-state index in [4.69, 9.17) is 17.3 Å². The number of nitrogens with two attached hydrogens (primary N) is 1. The third kappa shape index (κ3) is 4.94. The highest BCUT2D eigenvalue weighted by molar-refractivity contribution is 6.34. The van der Waals surface area contributed by atoms with Crippen molar-refractivity contribution in [1.29, 1.82) is 5.26 Å². The monoisotopic (exact) mass is 566 g/mol. The van der Waals surface area contributed by atoms with Crippen LogP contribution in [0.25, 0.3) is 27.8 Å². The normalized spacial score (nSPS) is 15.3. The van der Waals surface area contributed by atoms with Crippen LogP contribution < -0.4 is 16.2 Å². The number of para-hydroxylation sites is 1. The number of rotatable bonds is 5. The molecular formula is C32H31ClN6O2. The van der Waals surface area contributed by atoms with E-state index in [2.05, 4.69) is 31.5 Å². The summed E-state index contributed by atoms with van der Waals surface area (Å²) < 4.78 is 1.61. The number of anilines is 2. The number of piperazine rings is 1. The molecule has 1 aliphatic rings. The molecular weight excluding hydrogens is 536 g/mol. The van der Waals surface area contributed by atoms with E-state index in [1.165, 1.54) is 6.08 Å². The molecule has 0 aliphatic carbocycles. The Kier molecular flexibility index (Phi) is 7.57. The third-order valence-electron chi connectivity index (χ3n) is 7.59. The molecule has 0 unspecified atom stereocenters. The lowest BCUT2D eigenvalue weighted by Gasteiger charge is -2.41. The van der Waals surface area contributed by atoms with Gasteiger partial charge in [0.2, 0.25) is 5.91 Å². The Morgan fingerprint density at radius 2 is 1.95 bits per heavy atom. The van der Waals surface area contributed by atoms with Crippen LogP contribution in [0, 0.1) is 11.3 Å². The highest BCUT2D eigenvalue weighted by Crippen LogP contribution is 2.39. The summed E-state index contributed by atoms with van der Waals surface area (Å²) in [6.07, 6.45) is 1.30. The summed E-state index contributed by atoms with van der Waals surface area (Å²) in [5.41, 5.74) is 9.55. The molecule has 3 heterocycles. The second-order valence-electron chi connectivity index (χ2n) is 10.5. The smallest absolute Gasteiger partial charge is 0.275 e. The molecule has 41 heavy (non-hydrogen) atoms. The van der Waals surface area contributed by atoms with E-state index in [-0.39, 0.29) is 23.4 Å². The Labute approximate surface area is 243 Å². The van der Waals surface area contributed by atoms with Crippen LogP contribution in [0.15, 0.2) is 72.0 Å². The zero-order valence-corrected chi connectivity index (χ0v) is 24.0. The molecule has 1 amide bonds.